The summed E-state index contributed by atoms with van der Waals surface area (Å²) >= 11 is 0. The summed E-state index contributed by atoms with van der Waals surface area (Å²) in [5.41, 5.74) is 17.7. The monoisotopic (exact) mass is 614 g/mol. The summed E-state index contributed by atoms with van der Waals surface area (Å²) in [6.07, 6.45) is 0. The van der Waals surface area contributed by atoms with Gasteiger partial charge in [0.05, 0.1) is 44.8 Å². The molecule has 10 rings (SSSR count). The number of nitrogens with zero attached hydrogens (tertiary/aromatic N) is 3. The van der Waals surface area contributed by atoms with Gasteiger partial charge in [-0.15, -0.1) is 0 Å². The Labute approximate surface area is 274 Å². The average Bonchev–Trinajstić information content (AvgIpc) is 3.79. The minimum absolute atomic E-state index is 0.603. The Morgan fingerprint density at radius 2 is 1.29 bits per heavy atom. The molecular formula is C43H26N4O. The molecule has 0 aliphatic rings. The largest absolute Gasteiger partial charge is 0.455 e. The molecule has 48 heavy (non-hydrogen) atoms. The Morgan fingerprint density at radius 1 is 0.542 bits per heavy atom. The van der Waals surface area contributed by atoms with Crippen LogP contribution in [0.5, 0.6) is 0 Å². The lowest BCUT2D eigenvalue weighted by Crippen LogP contribution is -1.99. The maximum Gasteiger partial charge on any atom is 0.145 e. The first-order valence-electron chi connectivity index (χ1n) is 16.0. The standard InChI is InChI=1S/C43H26N4O/c44-25-26-14-19-37(47-36-12-6-4-10-30(36)35-24-28(45)16-20-38(35)47)34(22-26)27-15-17-33-40(23-27)46(29-8-2-1-3-9-29)39-21-18-32-31-11-5-7-13-41(31)48-43(32)42(33)39/h1-24H,45H2. The summed E-state index contributed by atoms with van der Waals surface area (Å²) in [5, 5.41) is 16.7. The maximum absolute atomic E-state index is 10.0. The van der Waals surface area contributed by atoms with Crippen LogP contribution in [0.2, 0.25) is 0 Å². The van der Waals surface area contributed by atoms with E-state index < -0.39 is 0 Å². The SMILES string of the molecule is N#Cc1ccc(-n2c3ccccc3c3cc(N)ccc32)c(-c2ccc3c4c5oc6ccccc6c5ccc4n(-c4ccccc4)c3c2)c1. The summed E-state index contributed by atoms with van der Waals surface area (Å²) < 4.78 is 11.2. The second-order valence-electron chi connectivity index (χ2n) is 12.3. The van der Waals surface area contributed by atoms with Crippen molar-refractivity contribution >= 4 is 71.2 Å². The van der Waals surface area contributed by atoms with E-state index >= 15 is 0 Å². The lowest BCUT2D eigenvalue weighted by Gasteiger charge is -2.15. The predicted molar refractivity (Wildman–Crippen MR) is 197 cm³/mol. The Balaban J connectivity index is 1.31. The number of benzene rings is 7. The van der Waals surface area contributed by atoms with Crippen LogP contribution in [0.1, 0.15) is 5.56 Å². The van der Waals surface area contributed by atoms with Gasteiger partial charge in [0.2, 0.25) is 0 Å². The fourth-order valence-corrected chi connectivity index (χ4v) is 7.59. The van der Waals surface area contributed by atoms with Crippen molar-refractivity contribution in [2.45, 2.75) is 0 Å². The van der Waals surface area contributed by atoms with Crippen LogP contribution >= 0.6 is 0 Å². The highest BCUT2D eigenvalue weighted by atomic mass is 16.3. The van der Waals surface area contributed by atoms with Crippen LogP contribution in [0.25, 0.3) is 88.1 Å². The zero-order valence-electron chi connectivity index (χ0n) is 25.7. The molecule has 0 aliphatic carbocycles. The van der Waals surface area contributed by atoms with Crippen LogP contribution in [0.3, 0.4) is 0 Å². The summed E-state index contributed by atoms with van der Waals surface area (Å²) in [7, 11) is 0. The third-order valence-electron chi connectivity index (χ3n) is 9.66. The van der Waals surface area contributed by atoms with Crippen molar-refractivity contribution in [3.05, 3.63) is 151 Å². The molecule has 0 atom stereocenters. The molecule has 0 bridgehead atoms. The molecule has 5 nitrogen and oxygen atoms in total. The van der Waals surface area contributed by atoms with Crippen LogP contribution < -0.4 is 5.73 Å². The number of rotatable bonds is 3. The van der Waals surface area contributed by atoms with E-state index in [0.717, 1.165) is 93.7 Å². The molecule has 0 spiro atoms. The van der Waals surface area contributed by atoms with E-state index in [0.29, 0.717) is 5.56 Å². The number of nitriles is 1. The summed E-state index contributed by atoms with van der Waals surface area (Å²) in [4.78, 5) is 0. The number of nitrogen functional groups attached to an aromatic ring is 1. The van der Waals surface area contributed by atoms with Gasteiger partial charge in [-0.05, 0) is 84.4 Å². The van der Waals surface area contributed by atoms with Gasteiger partial charge in [0.15, 0.2) is 0 Å². The van der Waals surface area contributed by atoms with E-state index in [1.54, 1.807) is 0 Å². The average molecular weight is 615 g/mol. The summed E-state index contributed by atoms with van der Waals surface area (Å²) in [6.45, 7) is 0. The maximum atomic E-state index is 10.0. The molecule has 10 aromatic rings. The van der Waals surface area contributed by atoms with E-state index in [1.165, 1.54) is 0 Å². The number of furan rings is 1. The zero-order chi connectivity index (χ0) is 31.9. The number of fused-ring (bicyclic) bond motifs is 10. The Morgan fingerprint density at radius 3 is 2.17 bits per heavy atom. The quantitative estimate of drug-likeness (QED) is 0.201. The van der Waals surface area contributed by atoms with Crippen molar-refractivity contribution < 1.29 is 4.42 Å². The Kier molecular flexibility index (Phi) is 5.43. The van der Waals surface area contributed by atoms with Gasteiger partial charge in [-0.25, -0.2) is 0 Å². The predicted octanol–water partition coefficient (Wildman–Crippen LogP) is 10.9. The van der Waals surface area contributed by atoms with Crippen LogP contribution in [0.15, 0.2) is 150 Å². The number of aromatic nitrogens is 2. The minimum atomic E-state index is 0.603. The molecule has 0 aliphatic heterocycles. The first kappa shape index (κ1) is 26.4. The molecule has 3 aromatic heterocycles. The number of hydrogen-bond acceptors (Lipinski definition) is 3. The van der Waals surface area contributed by atoms with Crippen molar-refractivity contribution in [1.82, 2.24) is 9.13 Å². The van der Waals surface area contributed by atoms with Crippen molar-refractivity contribution in [3.8, 4) is 28.6 Å². The lowest BCUT2D eigenvalue weighted by atomic mass is 9.99. The zero-order valence-corrected chi connectivity index (χ0v) is 25.7. The molecule has 0 saturated heterocycles. The molecule has 0 fully saturated rings. The second kappa shape index (κ2) is 9.86. The Hall–Kier alpha value is -6.77. The highest BCUT2D eigenvalue weighted by molar-refractivity contribution is 6.24. The van der Waals surface area contributed by atoms with Gasteiger partial charge >= 0.3 is 0 Å². The van der Waals surface area contributed by atoms with Crippen LogP contribution in [0.4, 0.5) is 5.69 Å². The molecular weight excluding hydrogens is 589 g/mol. The van der Waals surface area contributed by atoms with Gasteiger partial charge in [-0.2, -0.15) is 5.26 Å². The number of hydrogen-bond donors (Lipinski definition) is 1. The number of anilines is 1. The minimum Gasteiger partial charge on any atom is -0.455 e. The van der Waals surface area contributed by atoms with Crippen molar-refractivity contribution in [2.75, 3.05) is 5.73 Å². The Bertz CT molecular complexity index is 2970. The fraction of sp³-hybridized carbons (Fsp3) is 0. The number of nitrogens with two attached hydrogens (primary N) is 1. The first-order chi connectivity index (χ1) is 23.7. The van der Waals surface area contributed by atoms with Crippen molar-refractivity contribution in [2.24, 2.45) is 0 Å². The van der Waals surface area contributed by atoms with E-state index in [-0.39, 0.29) is 0 Å². The molecule has 5 heteroatoms. The molecule has 3 heterocycles. The number of para-hydroxylation sites is 3. The molecule has 7 aromatic carbocycles. The van der Waals surface area contributed by atoms with Crippen LogP contribution in [-0.4, -0.2) is 9.13 Å². The van der Waals surface area contributed by atoms with Crippen LogP contribution in [-0.2, 0) is 0 Å². The highest BCUT2D eigenvalue weighted by Crippen LogP contribution is 2.43. The fourth-order valence-electron chi connectivity index (χ4n) is 7.59. The normalized spacial score (nSPS) is 11.8. The topological polar surface area (TPSA) is 72.8 Å². The highest BCUT2D eigenvalue weighted by Gasteiger charge is 2.21. The van der Waals surface area contributed by atoms with Gasteiger partial charge in [-0.1, -0.05) is 66.7 Å². The molecule has 0 radical (unpaired) electrons. The van der Waals surface area contributed by atoms with Crippen LogP contribution in [0, 0.1) is 11.3 Å². The third-order valence-corrected chi connectivity index (χ3v) is 9.66. The first-order valence-corrected chi connectivity index (χ1v) is 16.0. The smallest absolute Gasteiger partial charge is 0.145 e. The second-order valence-corrected chi connectivity index (χ2v) is 12.3. The summed E-state index contributed by atoms with van der Waals surface area (Å²) in [6, 6.07) is 52.5. The third kappa shape index (κ3) is 3.66. The van der Waals surface area contributed by atoms with Gasteiger partial charge in [-0.3, -0.25) is 0 Å². The van der Waals surface area contributed by atoms with E-state index in [4.69, 9.17) is 10.2 Å². The van der Waals surface area contributed by atoms with Crippen molar-refractivity contribution in [1.29, 1.82) is 5.26 Å². The van der Waals surface area contributed by atoms with Gasteiger partial charge in [0.25, 0.3) is 0 Å². The van der Waals surface area contributed by atoms with Gasteiger partial charge in [0.1, 0.15) is 11.2 Å². The molecule has 0 amide bonds. The van der Waals surface area contributed by atoms with E-state index in [2.05, 4.69) is 118 Å². The summed E-state index contributed by atoms with van der Waals surface area (Å²) in [5.74, 6) is 0. The van der Waals surface area contributed by atoms with E-state index in [9.17, 15) is 5.26 Å². The molecule has 0 saturated carbocycles. The van der Waals surface area contributed by atoms with Gasteiger partial charge in [0, 0.05) is 43.9 Å². The lowest BCUT2D eigenvalue weighted by molar-refractivity contribution is 0.673. The van der Waals surface area contributed by atoms with Gasteiger partial charge < -0.3 is 19.3 Å². The van der Waals surface area contributed by atoms with Crippen molar-refractivity contribution in [3.63, 3.8) is 0 Å². The van der Waals surface area contributed by atoms with E-state index in [1.807, 2.05) is 42.5 Å². The molecule has 0 unspecified atom stereocenters. The molecule has 224 valence electrons. The molecule has 2 N–H and O–H groups in total.